The summed E-state index contributed by atoms with van der Waals surface area (Å²) in [5.74, 6) is 2.04. The number of hydrogen-bond acceptors (Lipinski definition) is 4. The Kier molecular flexibility index (Phi) is 4.61. The van der Waals surface area contributed by atoms with Gasteiger partial charge in [0.25, 0.3) is 0 Å². The molecule has 1 aromatic carbocycles. The lowest BCUT2D eigenvalue weighted by atomic mass is 10.1. The molecule has 0 fully saturated rings. The van der Waals surface area contributed by atoms with Crippen LogP contribution in [0.1, 0.15) is 18.3 Å². The van der Waals surface area contributed by atoms with Crippen LogP contribution in [0.3, 0.4) is 0 Å². The molecule has 7 heteroatoms. The molecular weight excluding hydrogens is 360 g/mol. The summed E-state index contributed by atoms with van der Waals surface area (Å²) in [4.78, 5) is 16.7. The third kappa shape index (κ3) is 3.69. The summed E-state index contributed by atoms with van der Waals surface area (Å²) in [7, 11) is 0. The first-order chi connectivity index (χ1) is 13.1. The number of halogens is 1. The highest BCUT2D eigenvalue weighted by atomic mass is 35.5. The summed E-state index contributed by atoms with van der Waals surface area (Å²) < 4.78 is 2.08. The summed E-state index contributed by atoms with van der Waals surface area (Å²) in [5, 5.41) is 9.66. The number of aromatic nitrogens is 5. The molecule has 3 aromatic heterocycles. The van der Waals surface area contributed by atoms with Crippen LogP contribution < -0.4 is 0 Å². The molecule has 4 aromatic rings. The van der Waals surface area contributed by atoms with E-state index < -0.39 is 0 Å². The maximum absolute atomic E-state index is 9.02. The maximum Gasteiger partial charge on any atom is 0.158 e. The Bertz CT molecular complexity index is 1140. The SMILES string of the molecule is CC(Cc1nc2ccc(C#N)cc2[nH]1)Cn1ccnc1-c1cc(Cl)ccn1. The lowest BCUT2D eigenvalue weighted by Gasteiger charge is -2.13. The number of rotatable bonds is 5. The second-order valence-corrected chi connectivity index (χ2v) is 7.04. The van der Waals surface area contributed by atoms with Crippen LogP contribution in [0.4, 0.5) is 0 Å². The minimum Gasteiger partial charge on any atom is -0.342 e. The molecule has 4 rings (SSSR count). The smallest absolute Gasteiger partial charge is 0.158 e. The standard InChI is InChI=1S/C20H17ClN6/c1-13(8-19-25-16-3-2-14(11-22)9-17(16)26-19)12-27-7-6-24-20(27)18-10-15(21)4-5-23-18/h2-7,9-10,13H,8,12H2,1H3,(H,25,26). The Labute approximate surface area is 161 Å². The Morgan fingerprint density at radius 3 is 2.93 bits per heavy atom. The largest absolute Gasteiger partial charge is 0.342 e. The topological polar surface area (TPSA) is 83.2 Å². The van der Waals surface area contributed by atoms with Gasteiger partial charge in [-0.3, -0.25) is 4.98 Å². The van der Waals surface area contributed by atoms with E-state index in [9.17, 15) is 0 Å². The molecule has 0 amide bonds. The third-order valence-electron chi connectivity index (χ3n) is 4.38. The molecule has 0 saturated carbocycles. The maximum atomic E-state index is 9.02. The molecule has 6 nitrogen and oxygen atoms in total. The van der Waals surface area contributed by atoms with Crippen molar-refractivity contribution in [2.45, 2.75) is 19.9 Å². The van der Waals surface area contributed by atoms with Crippen LogP contribution in [0.5, 0.6) is 0 Å². The highest BCUT2D eigenvalue weighted by Gasteiger charge is 2.13. The molecule has 0 bridgehead atoms. The number of imidazole rings is 2. The fraction of sp³-hybridized carbons (Fsp3) is 0.200. The van der Waals surface area contributed by atoms with E-state index >= 15 is 0 Å². The highest BCUT2D eigenvalue weighted by Crippen LogP contribution is 2.21. The zero-order valence-corrected chi connectivity index (χ0v) is 15.5. The number of nitriles is 1. The number of fused-ring (bicyclic) bond motifs is 1. The Morgan fingerprint density at radius 2 is 2.11 bits per heavy atom. The number of H-pyrrole nitrogens is 1. The number of aromatic amines is 1. The van der Waals surface area contributed by atoms with Crippen molar-refractivity contribution in [3.63, 3.8) is 0 Å². The van der Waals surface area contributed by atoms with Crippen molar-refractivity contribution < 1.29 is 0 Å². The summed E-state index contributed by atoms with van der Waals surface area (Å²) in [6.07, 6.45) is 6.20. The fourth-order valence-electron chi connectivity index (χ4n) is 3.18. The van der Waals surface area contributed by atoms with Crippen molar-refractivity contribution in [2.75, 3.05) is 0 Å². The van der Waals surface area contributed by atoms with Crippen LogP contribution in [-0.4, -0.2) is 24.5 Å². The summed E-state index contributed by atoms with van der Waals surface area (Å²) in [5.41, 5.74) is 3.15. The lowest BCUT2D eigenvalue weighted by molar-refractivity contribution is 0.474. The molecule has 0 aliphatic rings. The molecule has 3 heterocycles. The van der Waals surface area contributed by atoms with E-state index in [1.54, 1.807) is 24.5 Å². The van der Waals surface area contributed by atoms with E-state index in [0.717, 1.165) is 41.3 Å². The molecule has 1 unspecified atom stereocenters. The minimum atomic E-state index is 0.327. The van der Waals surface area contributed by atoms with Crippen LogP contribution in [-0.2, 0) is 13.0 Å². The van der Waals surface area contributed by atoms with Crippen LogP contribution in [0.2, 0.25) is 5.02 Å². The molecule has 0 spiro atoms. The molecule has 0 saturated heterocycles. The Hall–Kier alpha value is -3.17. The molecule has 27 heavy (non-hydrogen) atoms. The van der Waals surface area contributed by atoms with Crippen LogP contribution in [0.25, 0.3) is 22.6 Å². The van der Waals surface area contributed by atoms with Crippen molar-refractivity contribution in [1.29, 1.82) is 5.26 Å². The number of nitrogens with one attached hydrogen (secondary N) is 1. The van der Waals surface area contributed by atoms with Gasteiger partial charge >= 0.3 is 0 Å². The van der Waals surface area contributed by atoms with Gasteiger partial charge in [0.15, 0.2) is 5.82 Å². The monoisotopic (exact) mass is 376 g/mol. The highest BCUT2D eigenvalue weighted by molar-refractivity contribution is 6.30. The first kappa shape index (κ1) is 17.3. The normalized spacial score (nSPS) is 12.2. The fourth-order valence-corrected chi connectivity index (χ4v) is 3.34. The number of pyridine rings is 1. The van der Waals surface area contributed by atoms with E-state index in [0.29, 0.717) is 16.5 Å². The molecular formula is C20H17ClN6. The average Bonchev–Trinajstić information content (AvgIpc) is 3.27. The van der Waals surface area contributed by atoms with Gasteiger partial charge in [-0.05, 0) is 36.2 Å². The summed E-state index contributed by atoms with van der Waals surface area (Å²) >= 11 is 6.08. The van der Waals surface area contributed by atoms with Gasteiger partial charge in [0.2, 0.25) is 0 Å². The Balaban J connectivity index is 1.51. The van der Waals surface area contributed by atoms with Crippen molar-refractivity contribution in [3.8, 4) is 17.6 Å². The van der Waals surface area contributed by atoms with Crippen molar-refractivity contribution in [2.24, 2.45) is 5.92 Å². The molecule has 1 atom stereocenters. The van der Waals surface area contributed by atoms with Gasteiger partial charge in [0.1, 0.15) is 11.5 Å². The van der Waals surface area contributed by atoms with Crippen LogP contribution in [0.15, 0.2) is 48.9 Å². The number of hydrogen-bond donors (Lipinski definition) is 1. The molecule has 134 valence electrons. The molecule has 0 radical (unpaired) electrons. The van der Waals surface area contributed by atoms with Crippen molar-refractivity contribution >= 4 is 22.6 Å². The van der Waals surface area contributed by atoms with Crippen LogP contribution >= 0.6 is 11.6 Å². The summed E-state index contributed by atoms with van der Waals surface area (Å²) in [6.45, 7) is 2.95. The van der Waals surface area contributed by atoms with Gasteiger partial charge in [0, 0.05) is 36.6 Å². The van der Waals surface area contributed by atoms with Crippen molar-refractivity contribution in [3.05, 3.63) is 65.3 Å². The van der Waals surface area contributed by atoms with Gasteiger partial charge < -0.3 is 9.55 Å². The first-order valence-electron chi connectivity index (χ1n) is 8.64. The van der Waals surface area contributed by atoms with Gasteiger partial charge in [0.05, 0.1) is 22.7 Å². The van der Waals surface area contributed by atoms with Gasteiger partial charge in [-0.25, -0.2) is 9.97 Å². The Morgan fingerprint density at radius 1 is 1.22 bits per heavy atom. The van der Waals surface area contributed by atoms with Crippen LogP contribution in [0, 0.1) is 17.2 Å². The molecule has 1 N–H and O–H groups in total. The second-order valence-electron chi connectivity index (χ2n) is 6.60. The zero-order valence-electron chi connectivity index (χ0n) is 14.7. The second kappa shape index (κ2) is 7.22. The predicted molar refractivity (Wildman–Crippen MR) is 104 cm³/mol. The first-order valence-corrected chi connectivity index (χ1v) is 9.02. The quantitative estimate of drug-likeness (QED) is 0.565. The number of benzene rings is 1. The van der Waals surface area contributed by atoms with E-state index in [1.807, 2.05) is 24.4 Å². The lowest BCUT2D eigenvalue weighted by Crippen LogP contribution is -2.11. The van der Waals surface area contributed by atoms with Gasteiger partial charge in [-0.1, -0.05) is 18.5 Å². The third-order valence-corrected chi connectivity index (χ3v) is 4.61. The predicted octanol–water partition coefficient (Wildman–Crippen LogP) is 4.23. The van der Waals surface area contributed by atoms with E-state index in [-0.39, 0.29) is 0 Å². The van der Waals surface area contributed by atoms with E-state index in [1.165, 1.54) is 0 Å². The molecule has 0 aliphatic carbocycles. The van der Waals surface area contributed by atoms with Gasteiger partial charge in [-0.2, -0.15) is 5.26 Å². The van der Waals surface area contributed by atoms with Gasteiger partial charge in [-0.15, -0.1) is 0 Å². The average molecular weight is 377 g/mol. The molecule has 0 aliphatic heterocycles. The van der Waals surface area contributed by atoms with E-state index in [4.69, 9.17) is 16.9 Å². The summed E-state index contributed by atoms with van der Waals surface area (Å²) in [6, 6.07) is 11.2. The number of nitrogens with zero attached hydrogens (tertiary/aromatic N) is 5. The van der Waals surface area contributed by atoms with Crippen molar-refractivity contribution in [1.82, 2.24) is 24.5 Å². The minimum absolute atomic E-state index is 0.327. The van der Waals surface area contributed by atoms with E-state index in [2.05, 4.69) is 37.5 Å². The zero-order chi connectivity index (χ0) is 18.8.